The summed E-state index contributed by atoms with van der Waals surface area (Å²) in [6.07, 6.45) is -3.89. The number of alkyl halides is 3. The van der Waals surface area contributed by atoms with E-state index in [1.807, 2.05) is 0 Å². The zero-order valence-electron chi connectivity index (χ0n) is 10.5. The summed E-state index contributed by atoms with van der Waals surface area (Å²) >= 11 is 11.2. The molecule has 116 valence electrons. The van der Waals surface area contributed by atoms with Crippen LogP contribution in [-0.2, 0) is 15.7 Å². The number of nitrogens with zero attached hydrogens (tertiary/aromatic N) is 1. The number of halogens is 5. The molecule has 0 radical (unpaired) electrons. The molecule has 0 saturated carbocycles. The Kier molecular flexibility index (Phi) is 5.32. The van der Waals surface area contributed by atoms with Crippen molar-refractivity contribution in [2.24, 2.45) is 11.6 Å². The molecule has 0 unspecified atom stereocenters. The van der Waals surface area contributed by atoms with Crippen molar-refractivity contribution in [1.82, 2.24) is 0 Å². The number of hydrogen-bond acceptors (Lipinski definition) is 5. The first kappa shape index (κ1) is 17.4. The molecule has 0 saturated heterocycles. The molecule has 0 amide bonds. The van der Waals surface area contributed by atoms with Gasteiger partial charge in [0.1, 0.15) is 5.70 Å². The Morgan fingerprint density at radius 2 is 1.95 bits per heavy atom. The van der Waals surface area contributed by atoms with Crippen LogP contribution in [0.4, 0.5) is 18.9 Å². The maximum Gasteiger partial charge on any atom is 0.419 e. The summed E-state index contributed by atoms with van der Waals surface area (Å²) in [4.78, 5) is 11.1. The monoisotopic (exact) mass is 343 g/mol. The fourth-order valence-electron chi connectivity index (χ4n) is 1.39. The maximum atomic E-state index is 12.9. The van der Waals surface area contributed by atoms with E-state index in [0.29, 0.717) is 5.01 Å². The van der Waals surface area contributed by atoms with Gasteiger partial charge < -0.3 is 10.5 Å². The van der Waals surface area contributed by atoms with Crippen molar-refractivity contribution >= 4 is 34.9 Å². The third kappa shape index (κ3) is 3.93. The number of anilines is 1. The maximum absolute atomic E-state index is 12.9. The number of methoxy groups -OCH3 is 1. The van der Waals surface area contributed by atoms with Crippen LogP contribution in [0.3, 0.4) is 0 Å². The highest BCUT2D eigenvalue weighted by Gasteiger charge is 2.37. The number of esters is 1. The van der Waals surface area contributed by atoms with Gasteiger partial charge in [0.25, 0.3) is 0 Å². The molecule has 0 aliphatic rings. The normalized spacial score (nSPS) is 12.2. The Morgan fingerprint density at radius 1 is 1.38 bits per heavy atom. The summed E-state index contributed by atoms with van der Waals surface area (Å²) in [5.74, 6) is 4.63. The fraction of sp³-hybridized carbons (Fsp3) is 0.182. The van der Waals surface area contributed by atoms with Crippen LogP contribution in [0.5, 0.6) is 0 Å². The summed E-state index contributed by atoms with van der Waals surface area (Å²) in [6.45, 7) is 0. The van der Waals surface area contributed by atoms with E-state index < -0.39 is 33.5 Å². The van der Waals surface area contributed by atoms with E-state index in [1.54, 1.807) is 0 Å². The number of hydrazine groups is 1. The molecular weight excluding hydrogens is 334 g/mol. The summed E-state index contributed by atoms with van der Waals surface area (Å²) in [5.41, 5.74) is 3.46. The predicted molar refractivity (Wildman–Crippen MR) is 72.4 cm³/mol. The lowest BCUT2D eigenvalue weighted by Crippen LogP contribution is -2.28. The lowest BCUT2D eigenvalue weighted by atomic mass is 10.2. The van der Waals surface area contributed by atoms with Crippen molar-refractivity contribution in [3.63, 3.8) is 0 Å². The quantitative estimate of drug-likeness (QED) is 0.381. The molecule has 5 nitrogen and oxygen atoms in total. The molecule has 0 atom stereocenters. The SMILES string of the molecule is COC(=O)/C(N)=C/N(N)c1ccc(Cl)c(C(F)(F)F)c1Cl. The highest BCUT2D eigenvalue weighted by molar-refractivity contribution is 6.38. The van der Waals surface area contributed by atoms with Gasteiger partial charge in [-0.1, -0.05) is 23.2 Å². The van der Waals surface area contributed by atoms with Gasteiger partial charge in [0.05, 0.1) is 34.6 Å². The minimum Gasteiger partial charge on any atom is -0.464 e. The van der Waals surface area contributed by atoms with E-state index >= 15 is 0 Å². The highest BCUT2D eigenvalue weighted by Crippen LogP contribution is 2.43. The Bertz CT molecular complexity index is 591. The average Bonchev–Trinajstić information content (AvgIpc) is 2.35. The molecule has 0 spiro atoms. The van der Waals surface area contributed by atoms with E-state index in [9.17, 15) is 18.0 Å². The second-order valence-electron chi connectivity index (χ2n) is 3.74. The van der Waals surface area contributed by atoms with Gasteiger partial charge in [-0.15, -0.1) is 0 Å². The number of ether oxygens (including phenoxy) is 1. The second kappa shape index (κ2) is 6.42. The van der Waals surface area contributed by atoms with Crippen LogP contribution in [0, 0.1) is 0 Å². The van der Waals surface area contributed by atoms with Crippen LogP contribution in [0.2, 0.25) is 10.0 Å². The minimum atomic E-state index is -4.76. The number of rotatable bonds is 3. The van der Waals surface area contributed by atoms with E-state index in [-0.39, 0.29) is 5.69 Å². The van der Waals surface area contributed by atoms with Crippen LogP contribution in [0.1, 0.15) is 5.56 Å². The smallest absolute Gasteiger partial charge is 0.419 e. The van der Waals surface area contributed by atoms with Crippen LogP contribution >= 0.6 is 23.2 Å². The van der Waals surface area contributed by atoms with Gasteiger partial charge in [-0.25, -0.2) is 10.6 Å². The van der Waals surface area contributed by atoms with Crippen molar-refractivity contribution in [1.29, 1.82) is 0 Å². The molecule has 4 N–H and O–H groups in total. The first-order valence-electron chi connectivity index (χ1n) is 5.24. The number of carbonyl (C=O) groups excluding carboxylic acids is 1. The molecule has 1 aromatic carbocycles. The van der Waals surface area contributed by atoms with E-state index in [2.05, 4.69) is 4.74 Å². The molecule has 21 heavy (non-hydrogen) atoms. The van der Waals surface area contributed by atoms with E-state index in [0.717, 1.165) is 25.4 Å². The molecule has 0 heterocycles. The standard InChI is InChI=1S/C11H10Cl2F3N3O2/c1-21-10(20)6(17)4-19(18)7-3-2-5(12)8(9(7)13)11(14,15)16/h2-4H,17-18H2,1H3/b6-4-. The van der Waals surface area contributed by atoms with Gasteiger partial charge in [-0.05, 0) is 12.1 Å². The number of benzene rings is 1. The Morgan fingerprint density at radius 3 is 2.43 bits per heavy atom. The molecule has 0 aliphatic carbocycles. The Labute approximate surface area is 127 Å². The van der Waals surface area contributed by atoms with E-state index in [1.165, 1.54) is 0 Å². The van der Waals surface area contributed by atoms with Crippen LogP contribution in [0.15, 0.2) is 24.0 Å². The fourth-order valence-corrected chi connectivity index (χ4v) is 2.07. The highest BCUT2D eigenvalue weighted by atomic mass is 35.5. The van der Waals surface area contributed by atoms with Crippen LogP contribution in [-0.4, -0.2) is 13.1 Å². The lowest BCUT2D eigenvalue weighted by molar-refractivity contribution is -0.137. The number of carbonyl (C=O) groups is 1. The summed E-state index contributed by atoms with van der Waals surface area (Å²) in [5, 5.41) is -0.624. The molecule has 1 aromatic rings. The molecule has 1 rings (SSSR count). The summed E-state index contributed by atoms with van der Waals surface area (Å²) < 4.78 is 42.9. The van der Waals surface area contributed by atoms with Crippen molar-refractivity contribution in [2.45, 2.75) is 6.18 Å². The van der Waals surface area contributed by atoms with Crippen LogP contribution in [0.25, 0.3) is 0 Å². The van der Waals surface area contributed by atoms with Crippen molar-refractivity contribution < 1.29 is 22.7 Å². The second-order valence-corrected chi connectivity index (χ2v) is 4.52. The molecule has 0 aliphatic heterocycles. The van der Waals surface area contributed by atoms with E-state index in [4.69, 9.17) is 34.8 Å². The van der Waals surface area contributed by atoms with Crippen molar-refractivity contribution in [3.8, 4) is 0 Å². The van der Waals surface area contributed by atoms with Crippen molar-refractivity contribution in [2.75, 3.05) is 12.1 Å². The predicted octanol–water partition coefficient (Wildman–Crippen LogP) is 2.67. The van der Waals surface area contributed by atoms with Gasteiger partial charge in [-0.2, -0.15) is 13.2 Å². The molecule has 0 fully saturated rings. The molecule has 10 heteroatoms. The summed E-state index contributed by atoms with van der Waals surface area (Å²) in [6, 6.07) is 2.13. The third-order valence-corrected chi connectivity index (χ3v) is 3.03. The lowest BCUT2D eigenvalue weighted by Gasteiger charge is -2.20. The molecular formula is C11H10Cl2F3N3O2. The average molecular weight is 344 g/mol. The zero-order valence-corrected chi connectivity index (χ0v) is 12.1. The minimum absolute atomic E-state index is 0.236. The first-order valence-corrected chi connectivity index (χ1v) is 6.00. The van der Waals surface area contributed by atoms with Gasteiger partial charge >= 0.3 is 12.1 Å². The topological polar surface area (TPSA) is 81.6 Å². The van der Waals surface area contributed by atoms with Gasteiger partial charge in [0.15, 0.2) is 0 Å². The Balaban J connectivity index is 3.30. The summed E-state index contributed by atoms with van der Waals surface area (Å²) in [7, 11) is 1.08. The van der Waals surface area contributed by atoms with Crippen LogP contribution < -0.4 is 16.6 Å². The van der Waals surface area contributed by atoms with Gasteiger partial charge in [0, 0.05) is 0 Å². The number of nitrogens with two attached hydrogens (primary N) is 2. The number of hydrogen-bond donors (Lipinski definition) is 2. The van der Waals surface area contributed by atoms with Gasteiger partial charge in [0.2, 0.25) is 0 Å². The third-order valence-electron chi connectivity index (χ3n) is 2.33. The first-order chi connectivity index (χ1) is 9.59. The molecule has 0 bridgehead atoms. The largest absolute Gasteiger partial charge is 0.464 e. The zero-order chi connectivity index (χ0) is 16.4. The van der Waals surface area contributed by atoms with Gasteiger partial charge in [-0.3, -0.25) is 5.01 Å². The van der Waals surface area contributed by atoms with Crippen molar-refractivity contribution in [3.05, 3.63) is 39.6 Å². The molecule has 0 aromatic heterocycles. The Hall–Kier alpha value is -1.64.